The van der Waals surface area contributed by atoms with Crippen molar-refractivity contribution in [3.63, 3.8) is 0 Å². The van der Waals surface area contributed by atoms with E-state index in [4.69, 9.17) is 10.5 Å². The summed E-state index contributed by atoms with van der Waals surface area (Å²) < 4.78 is 5.53. The lowest BCUT2D eigenvalue weighted by molar-refractivity contribution is 0.0877. The minimum Gasteiger partial charge on any atom is -0.381 e. The third kappa shape index (κ3) is 2.46. The first-order valence-electron chi connectivity index (χ1n) is 5.09. The highest BCUT2D eigenvalue weighted by molar-refractivity contribution is 4.84. The maximum Gasteiger partial charge on any atom is 0.0497 e. The van der Waals surface area contributed by atoms with E-state index in [0.29, 0.717) is 17.9 Å². The van der Waals surface area contributed by atoms with Gasteiger partial charge in [-0.15, -0.1) is 0 Å². The Morgan fingerprint density at radius 3 is 2.67 bits per heavy atom. The van der Waals surface area contributed by atoms with Crippen LogP contribution in [0, 0.1) is 11.8 Å². The summed E-state index contributed by atoms with van der Waals surface area (Å²) in [6.07, 6.45) is 3.56. The van der Waals surface area contributed by atoms with Crippen LogP contribution in [0.5, 0.6) is 0 Å². The monoisotopic (exact) mass is 171 g/mol. The van der Waals surface area contributed by atoms with Gasteiger partial charge in [-0.1, -0.05) is 13.8 Å². The molecule has 1 rings (SSSR count). The van der Waals surface area contributed by atoms with E-state index in [-0.39, 0.29) is 0 Å². The van der Waals surface area contributed by atoms with E-state index in [2.05, 4.69) is 13.8 Å². The van der Waals surface area contributed by atoms with Crippen LogP contribution in [0.25, 0.3) is 0 Å². The minimum absolute atomic E-state index is 0.417. The summed E-state index contributed by atoms with van der Waals surface area (Å²) in [6.45, 7) is 6.21. The first-order valence-corrected chi connectivity index (χ1v) is 5.09. The average Bonchev–Trinajstić information content (AvgIpc) is 2.36. The Labute approximate surface area is 75.5 Å². The highest BCUT2D eigenvalue weighted by atomic mass is 16.5. The van der Waals surface area contributed by atoms with E-state index in [1.54, 1.807) is 0 Å². The molecule has 72 valence electrons. The summed E-state index contributed by atoms with van der Waals surface area (Å²) in [4.78, 5) is 0. The highest BCUT2D eigenvalue weighted by Gasteiger charge is 2.29. The fourth-order valence-electron chi connectivity index (χ4n) is 1.90. The molecule has 2 heteroatoms. The van der Waals surface area contributed by atoms with Gasteiger partial charge >= 0.3 is 0 Å². The lowest BCUT2D eigenvalue weighted by Gasteiger charge is -2.17. The molecular weight excluding hydrogens is 150 g/mol. The second-order valence-corrected chi connectivity index (χ2v) is 3.94. The van der Waals surface area contributed by atoms with E-state index < -0.39 is 0 Å². The highest BCUT2D eigenvalue weighted by Crippen LogP contribution is 2.30. The van der Waals surface area contributed by atoms with Gasteiger partial charge in [-0.25, -0.2) is 0 Å². The predicted molar refractivity (Wildman–Crippen MR) is 51.0 cm³/mol. The van der Waals surface area contributed by atoms with Crippen LogP contribution in [0.3, 0.4) is 0 Å². The van der Waals surface area contributed by atoms with E-state index in [1.807, 2.05) is 0 Å². The fourth-order valence-corrected chi connectivity index (χ4v) is 1.90. The molecule has 3 atom stereocenters. The molecule has 1 aliphatic rings. The Morgan fingerprint density at radius 1 is 1.42 bits per heavy atom. The van der Waals surface area contributed by atoms with Crippen molar-refractivity contribution < 1.29 is 4.74 Å². The van der Waals surface area contributed by atoms with Crippen molar-refractivity contribution in [3.05, 3.63) is 0 Å². The lowest BCUT2D eigenvalue weighted by atomic mass is 9.97. The molecule has 0 aromatic rings. The van der Waals surface area contributed by atoms with Gasteiger partial charge in [0, 0.05) is 19.3 Å². The van der Waals surface area contributed by atoms with Crippen LogP contribution in [0.2, 0.25) is 0 Å². The molecule has 3 unspecified atom stereocenters. The second kappa shape index (κ2) is 4.83. The first kappa shape index (κ1) is 10.0. The zero-order valence-corrected chi connectivity index (χ0v) is 8.25. The van der Waals surface area contributed by atoms with Gasteiger partial charge in [0.15, 0.2) is 0 Å². The molecule has 1 fully saturated rings. The molecule has 0 saturated heterocycles. The van der Waals surface area contributed by atoms with Gasteiger partial charge in [0.05, 0.1) is 0 Å². The molecule has 0 aromatic heterocycles. The van der Waals surface area contributed by atoms with Gasteiger partial charge in [0.25, 0.3) is 0 Å². The standard InChI is InChI=1S/C10H21NO/c1-3-6-12-7-9-4-5-10(11)8(9)2/h8-10H,3-7,11H2,1-2H3. The minimum atomic E-state index is 0.417. The molecule has 0 radical (unpaired) electrons. The van der Waals surface area contributed by atoms with Crippen molar-refractivity contribution >= 4 is 0 Å². The Kier molecular flexibility index (Phi) is 4.02. The van der Waals surface area contributed by atoms with Crippen LogP contribution >= 0.6 is 0 Å². The summed E-state index contributed by atoms with van der Waals surface area (Å²) >= 11 is 0. The Bertz CT molecular complexity index is 127. The van der Waals surface area contributed by atoms with Crippen LogP contribution < -0.4 is 5.73 Å². The number of ether oxygens (including phenoxy) is 1. The van der Waals surface area contributed by atoms with Crippen LogP contribution in [0.15, 0.2) is 0 Å². The van der Waals surface area contributed by atoms with Gasteiger partial charge in [-0.3, -0.25) is 0 Å². The molecule has 12 heavy (non-hydrogen) atoms. The summed E-state index contributed by atoms with van der Waals surface area (Å²) in [6, 6.07) is 0.417. The molecule has 0 spiro atoms. The smallest absolute Gasteiger partial charge is 0.0497 e. The molecule has 1 saturated carbocycles. The quantitative estimate of drug-likeness (QED) is 0.654. The SMILES string of the molecule is CCCOCC1CCC(N)C1C. The van der Waals surface area contributed by atoms with Gasteiger partial charge in [0.1, 0.15) is 0 Å². The maximum atomic E-state index is 5.92. The third-order valence-corrected chi connectivity index (χ3v) is 2.97. The Balaban J connectivity index is 2.16. The van der Waals surface area contributed by atoms with Crippen molar-refractivity contribution in [1.82, 2.24) is 0 Å². The molecule has 0 heterocycles. The predicted octanol–water partition coefficient (Wildman–Crippen LogP) is 1.79. The Morgan fingerprint density at radius 2 is 2.17 bits per heavy atom. The van der Waals surface area contributed by atoms with Crippen LogP contribution in [0.4, 0.5) is 0 Å². The van der Waals surface area contributed by atoms with E-state index in [0.717, 1.165) is 19.6 Å². The molecule has 0 bridgehead atoms. The van der Waals surface area contributed by atoms with Crippen molar-refractivity contribution in [2.24, 2.45) is 17.6 Å². The summed E-state index contributed by atoms with van der Waals surface area (Å²) in [5.74, 6) is 1.37. The van der Waals surface area contributed by atoms with Crippen molar-refractivity contribution in [1.29, 1.82) is 0 Å². The van der Waals surface area contributed by atoms with Crippen LogP contribution in [-0.2, 0) is 4.74 Å². The topological polar surface area (TPSA) is 35.2 Å². The summed E-state index contributed by atoms with van der Waals surface area (Å²) in [5, 5.41) is 0. The second-order valence-electron chi connectivity index (χ2n) is 3.94. The largest absolute Gasteiger partial charge is 0.381 e. The normalized spacial score (nSPS) is 35.8. The number of rotatable bonds is 4. The molecule has 0 amide bonds. The molecule has 2 N–H and O–H groups in total. The zero-order valence-electron chi connectivity index (χ0n) is 8.25. The fraction of sp³-hybridized carbons (Fsp3) is 1.00. The number of nitrogens with two attached hydrogens (primary N) is 1. The summed E-state index contributed by atoms with van der Waals surface area (Å²) in [5.41, 5.74) is 5.92. The third-order valence-electron chi connectivity index (χ3n) is 2.97. The van der Waals surface area contributed by atoms with Crippen molar-refractivity contribution in [3.8, 4) is 0 Å². The van der Waals surface area contributed by atoms with Gasteiger partial charge in [0.2, 0.25) is 0 Å². The average molecular weight is 171 g/mol. The van der Waals surface area contributed by atoms with Gasteiger partial charge < -0.3 is 10.5 Å². The molecule has 0 aliphatic heterocycles. The number of hydrogen-bond donors (Lipinski definition) is 1. The summed E-state index contributed by atoms with van der Waals surface area (Å²) in [7, 11) is 0. The van der Waals surface area contributed by atoms with E-state index >= 15 is 0 Å². The molecule has 2 nitrogen and oxygen atoms in total. The maximum absolute atomic E-state index is 5.92. The Hall–Kier alpha value is -0.0800. The van der Waals surface area contributed by atoms with Crippen molar-refractivity contribution in [2.75, 3.05) is 13.2 Å². The van der Waals surface area contributed by atoms with E-state index in [9.17, 15) is 0 Å². The van der Waals surface area contributed by atoms with E-state index in [1.165, 1.54) is 12.8 Å². The molecule has 0 aromatic carbocycles. The zero-order chi connectivity index (χ0) is 8.97. The molecule has 1 aliphatic carbocycles. The van der Waals surface area contributed by atoms with Crippen molar-refractivity contribution in [2.45, 2.75) is 39.2 Å². The lowest BCUT2D eigenvalue weighted by Crippen LogP contribution is -2.26. The van der Waals surface area contributed by atoms with Crippen LogP contribution in [-0.4, -0.2) is 19.3 Å². The van der Waals surface area contributed by atoms with Crippen LogP contribution in [0.1, 0.15) is 33.1 Å². The molecular formula is C10H21NO. The number of hydrogen-bond acceptors (Lipinski definition) is 2. The van der Waals surface area contributed by atoms with Gasteiger partial charge in [-0.2, -0.15) is 0 Å². The first-order chi connectivity index (χ1) is 5.75. The van der Waals surface area contributed by atoms with Gasteiger partial charge in [-0.05, 0) is 31.1 Å².